The molecule has 35 heavy (non-hydrogen) atoms. The molecule has 1 fully saturated rings. The first-order valence-electron chi connectivity index (χ1n) is 11.5. The first-order valence-corrected chi connectivity index (χ1v) is 11.5. The third-order valence-electron chi connectivity index (χ3n) is 6.85. The summed E-state index contributed by atoms with van der Waals surface area (Å²) >= 11 is 0. The number of nitrogens with zero attached hydrogens (tertiary/aromatic N) is 2. The number of pyridine rings is 1. The molecule has 1 saturated heterocycles. The number of aromatic nitrogens is 1. The number of rotatable bonds is 3. The van der Waals surface area contributed by atoms with Gasteiger partial charge in [0.2, 0.25) is 6.79 Å². The lowest BCUT2D eigenvalue weighted by atomic mass is 9.82. The molecule has 0 radical (unpaired) electrons. The van der Waals surface area contributed by atoms with Crippen LogP contribution in [0.1, 0.15) is 38.7 Å². The lowest BCUT2D eigenvalue weighted by Gasteiger charge is -2.43. The molecule has 0 saturated carbocycles. The maximum absolute atomic E-state index is 13.3. The second-order valence-corrected chi connectivity index (χ2v) is 9.12. The smallest absolute Gasteiger partial charge is 0.255 e. The van der Waals surface area contributed by atoms with Gasteiger partial charge in [0.05, 0.1) is 5.69 Å². The number of hydrogen-bond acceptors (Lipinski definition) is 5. The average Bonchev–Trinajstić information content (AvgIpc) is 3.33. The van der Waals surface area contributed by atoms with Crippen molar-refractivity contribution in [1.82, 2.24) is 9.47 Å². The molecule has 3 aliphatic rings. The predicted octanol–water partition coefficient (Wildman–Crippen LogP) is 3.23. The van der Waals surface area contributed by atoms with Gasteiger partial charge in [0.1, 0.15) is 5.82 Å². The quantitative estimate of drug-likeness (QED) is 0.628. The summed E-state index contributed by atoms with van der Waals surface area (Å²) in [5, 5.41) is 2.95. The molecular formula is C26H22FN3O5. The van der Waals surface area contributed by atoms with Crippen molar-refractivity contribution in [1.29, 1.82) is 0 Å². The highest BCUT2D eigenvalue weighted by atomic mass is 19.1. The molecule has 9 heteroatoms. The van der Waals surface area contributed by atoms with Crippen LogP contribution >= 0.6 is 0 Å². The van der Waals surface area contributed by atoms with Gasteiger partial charge in [0, 0.05) is 48.4 Å². The van der Waals surface area contributed by atoms with E-state index in [1.54, 1.807) is 33.7 Å². The van der Waals surface area contributed by atoms with Gasteiger partial charge < -0.3 is 24.3 Å². The number of likely N-dealkylation sites (tertiary alicyclic amines) is 1. The molecule has 2 bridgehead atoms. The Hall–Kier alpha value is -4.14. The van der Waals surface area contributed by atoms with Crippen LogP contribution in [0.2, 0.25) is 0 Å². The number of anilines is 1. The third kappa shape index (κ3) is 3.82. The van der Waals surface area contributed by atoms with Gasteiger partial charge in [-0.1, -0.05) is 0 Å². The van der Waals surface area contributed by atoms with E-state index in [-0.39, 0.29) is 36.0 Å². The monoisotopic (exact) mass is 475 g/mol. The van der Waals surface area contributed by atoms with Crippen LogP contribution in [0.4, 0.5) is 10.1 Å². The predicted molar refractivity (Wildman–Crippen MR) is 124 cm³/mol. The Morgan fingerprint density at radius 2 is 1.69 bits per heavy atom. The summed E-state index contributed by atoms with van der Waals surface area (Å²) in [7, 11) is 0. The van der Waals surface area contributed by atoms with E-state index in [9.17, 15) is 18.8 Å². The number of piperidine rings is 1. The van der Waals surface area contributed by atoms with Crippen molar-refractivity contribution in [2.24, 2.45) is 5.92 Å². The minimum atomic E-state index is -0.395. The maximum Gasteiger partial charge on any atom is 0.255 e. The summed E-state index contributed by atoms with van der Waals surface area (Å²) in [5.41, 5.74) is 1.97. The minimum absolute atomic E-state index is 0.114. The van der Waals surface area contributed by atoms with E-state index in [4.69, 9.17) is 9.47 Å². The van der Waals surface area contributed by atoms with Crippen molar-refractivity contribution in [3.63, 3.8) is 0 Å². The summed E-state index contributed by atoms with van der Waals surface area (Å²) in [4.78, 5) is 40.6. The van der Waals surface area contributed by atoms with Crippen LogP contribution in [0.15, 0.2) is 59.4 Å². The van der Waals surface area contributed by atoms with Crippen molar-refractivity contribution in [2.75, 3.05) is 25.2 Å². The molecule has 0 aliphatic carbocycles. The normalized spacial score (nSPS) is 19.7. The standard InChI is InChI=1S/C26H22FN3O5/c27-19-4-1-16(2-5-19)26(33)29-11-15-9-18(13-29)24-20(6-8-23(31)30(24)12-15)28-25(32)17-3-7-21-22(10-17)35-14-34-21/h1-8,10,15,18H,9,11-14H2,(H,28,32)/t15-,18+/m0/s1. The lowest BCUT2D eigenvalue weighted by molar-refractivity contribution is 0.0595. The van der Waals surface area contributed by atoms with Gasteiger partial charge >= 0.3 is 0 Å². The SMILES string of the molecule is O=C(Nc1ccc(=O)n2c1[C@@H]1C[C@@H](CN(C(=O)c3ccc(F)cc3)C1)C2)c1ccc2c(c1)OCO2. The minimum Gasteiger partial charge on any atom is -0.454 e. The van der Waals surface area contributed by atoms with Crippen LogP contribution in [-0.4, -0.2) is 41.2 Å². The van der Waals surface area contributed by atoms with Gasteiger partial charge in [-0.15, -0.1) is 0 Å². The average molecular weight is 475 g/mol. The molecule has 4 heterocycles. The van der Waals surface area contributed by atoms with Crippen molar-refractivity contribution < 1.29 is 23.5 Å². The maximum atomic E-state index is 13.3. The van der Waals surface area contributed by atoms with Crippen LogP contribution in [0, 0.1) is 11.7 Å². The van der Waals surface area contributed by atoms with E-state index in [0.29, 0.717) is 47.9 Å². The van der Waals surface area contributed by atoms with Gasteiger partial charge in [-0.25, -0.2) is 4.39 Å². The van der Waals surface area contributed by atoms with E-state index in [1.807, 2.05) is 0 Å². The number of halogens is 1. The number of hydrogen-bond donors (Lipinski definition) is 1. The van der Waals surface area contributed by atoms with Gasteiger partial charge in [0.15, 0.2) is 11.5 Å². The van der Waals surface area contributed by atoms with E-state index in [1.165, 1.54) is 30.3 Å². The molecule has 2 amide bonds. The topological polar surface area (TPSA) is 89.9 Å². The number of carbonyl (C=O) groups excluding carboxylic acids is 2. The zero-order valence-corrected chi connectivity index (χ0v) is 18.7. The van der Waals surface area contributed by atoms with Gasteiger partial charge in [-0.2, -0.15) is 0 Å². The first-order chi connectivity index (χ1) is 17.0. The van der Waals surface area contributed by atoms with E-state index in [0.717, 1.165) is 12.1 Å². The van der Waals surface area contributed by atoms with E-state index in [2.05, 4.69) is 5.32 Å². The summed E-state index contributed by atoms with van der Waals surface area (Å²) in [5.74, 6) is 0.196. The van der Waals surface area contributed by atoms with Crippen LogP contribution in [0.25, 0.3) is 0 Å². The number of benzene rings is 2. The first kappa shape index (κ1) is 21.4. The molecule has 0 spiro atoms. The van der Waals surface area contributed by atoms with Gasteiger partial charge in [-0.05, 0) is 60.9 Å². The Balaban J connectivity index is 1.29. The Morgan fingerprint density at radius 1 is 0.914 bits per heavy atom. The Labute approximate surface area is 199 Å². The van der Waals surface area contributed by atoms with Crippen molar-refractivity contribution in [2.45, 2.75) is 18.9 Å². The summed E-state index contributed by atoms with van der Waals surface area (Å²) in [6, 6.07) is 13.6. The van der Waals surface area contributed by atoms with E-state index >= 15 is 0 Å². The Morgan fingerprint density at radius 3 is 2.51 bits per heavy atom. The number of nitrogens with one attached hydrogen (secondary N) is 1. The van der Waals surface area contributed by atoms with Crippen LogP contribution < -0.4 is 20.3 Å². The van der Waals surface area contributed by atoms with Gasteiger partial charge in [0.25, 0.3) is 17.4 Å². The van der Waals surface area contributed by atoms with E-state index < -0.39 is 5.82 Å². The van der Waals surface area contributed by atoms with Crippen molar-refractivity contribution in [3.05, 3.63) is 87.6 Å². The highest BCUT2D eigenvalue weighted by Crippen LogP contribution is 2.39. The van der Waals surface area contributed by atoms with Gasteiger partial charge in [-0.3, -0.25) is 14.4 Å². The zero-order chi connectivity index (χ0) is 24.1. The molecular weight excluding hydrogens is 453 g/mol. The fourth-order valence-corrected chi connectivity index (χ4v) is 5.29. The van der Waals surface area contributed by atoms with Crippen LogP contribution in [0.3, 0.4) is 0 Å². The molecule has 0 unspecified atom stereocenters. The summed E-state index contributed by atoms with van der Waals surface area (Å²) < 4.78 is 25.7. The number of fused-ring (bicyclic) bond motifs is 5. The molecule has 178 valence electrons. The second-order valence-electron chi connectivity index (χ2n) is 9.12. The molecule has 8 nitrogen and oxygen atoms in total. The molecule has 1 aromatic heterocycles. The Kier molecular flexibility index (Phi) is 5.05. The highest BCUT2D eigenvalue weighted by molar-refractivity contribution is 6.05. The number of amides is 2. The largest absolute Gasteiger partial charge is 0.454 e. The third-order valence-corrected chi connectivity index (χ3v) is 6.85. The molecule has 1 N–H and O–H groups in total. The zero-order valence-electron chi connectivity index (χ0n) is 18.7. The van der Waals surface area contributed by atoms with Crippen molar-refractivity contribution >= 4 is 17.5 Å². The Bertz CT molecular complexity index is 1400. The molecule has 6 rings (SSSR count). The highest BCUT2D eigenvalue weighted by Gasteiger charge is 2.38. The van der Waals surface area contributed by atoms with Crippen LogP contribution in [-0.2, 0) is 6.54 Å². The number of carbonyl (C=O) groups is 2. The molecule has 2 aromatic carbocycles. The molecule has 3 aromatic rings. The fourth-order valence-electron chi connectivity index (χ4n) is 5.29. The van der Waals surface area contributed by atoms with Crippen LogP contribution in [0.5, 0.6) is 11.5 Å². The van der Waals surface area contributed by atoms with Crippen molar-refractivity contribution in [3.8, 4) is 11.5 Å². The second kappa shape index (κ2) is 8.26. The summed E-state index contributed by atoms with van der Waals surface area (Å²) in [6.45, 7) is 1.51. The fraction of sp³-hybridized carbons (Fsp3) is 0.269. The summed E-state index contributed by atoms with van der Waals surface area (Å²) in [6.07, 6.45) is 0.809. The molecule has 2 atom stereocenters. The number of ether oxygens (including phenoxy) is 2. The molecule has 3 aliphatic heterocycles. The lowest BCUT2D eigenvalue weighted by Crippen LogP contribution is -2.49.